The summed E-state index contributed by atoms with van der Waals surface area (Å²) in [5.41, 5.74) is 2.13. The van der Waals surface area contributed by atoms with E-state index in [2.05, 4.69) is 28.2 Å². The standard InChI is InChI=1S/C18H20N4OS/c19-8-10-24-13-17(23)22-9-4-7-15(12-22)18-20-11-16(21-18)14-5-2-1-3-6-14/h1-3,5-6,11,15H,4,7,9-10,12-13H2,(H,20,21)/t15-/m1/s1. The molecule has 0 aliphatic carbocycles. The van der Waals surface area contributed by atoms with E-state index < -0.39 is 0 Å². The lowest BCUT2D eigenvalue weighted by atomic mass is 9.97. The van der Waals surface area contributed by atoms with E-state index in [1.54, 1.807) is 0 Å². The molecule has 1 atom stereocenters. The Hall–Kier alpha value is -2.26. The number of rotatable bonds is 5. The van der Waals surface area contributed by atoms with Crippen LogP contribution in [-0.2, 0) is 4.79 Å². The summed E-state index contributed by atoms with van der Waals surface area (Å²) < 4.78 is 0. The Labute approximate surface area is 146 Å². The number of carbonyl (C=O) groups excluding carboxylic acids is 1. The van der Waals surface area contributed by atoms with Crippen molar-refractivity contribution in [2.75, 3.05) is 24.6 Å². The third-order valence-corrected chi connectivity index (χ3v) is 5.02. The average Bonchev–Trinajstić information content (AvgIpc) is 3.13. The molecule has 0 radical (unpaired) electrons. The molecule has 5 nitrogen and oxygen atoms in total. The van der Waals surface area contributed by atoms with E-state index >= 15 is 0 Å². The molecule has 0 bridgehead atoms. The Morgan fingerprint density at radius 3 is 3.04 bits per heavy atom. The molecule has 0 unspecified atom stereocenters. The van der Waals surface area contributed by atoms with Crippen LogP contribution in [0.15, 0.2) is 36.5 Å². The largest absolute Gasteiger partial charge is 0.342 e. The second-order valence-corrected chi connectivity index (χ2v) is 6.86. The Bertz CT molecular complexity index is 722. The lowest BCUT2D eigenvalue weighted by molar-refractivity contribution is -0.129. The third-order valence-electron chi connectivity index (χ3n) is 4.23. The van der Waals surface area contributed by atoms with Crippen LogP contribution in [0.25, 0.3) is 11.3 Å². The van der Waals surface area contributed by atoms with Crippen molar-refractivity contribution in [3.05, 3.63) is 42.4 Å². The molecule has 1 fully saturated rings. The molecule has 1 amide bonds. The van der Waals surface area contributed by atoms with E-state index in [9.17, 15) is 4.79 Å². The van der Waals surface area contributed by atoms with Crippen LogP contribution in [0.3, 0.4) is 0 Å². The van der Waals surface area contributed by atoms with Crippen LogP contribution >= 0.6 is 11.8 Å². The van der Waals surface area contributed by atoms with Gasteiger partial charge in [0.1, 0.15) is 5.82 Å². The molecule has 1 saturated heterocycles. The van der Waals surface area contributed by atoms with Gasteiger partial charge >= 0.3 is 0 Å². The zero-order valence-electron chi connectivity index (χ0n) is 13.4. The first-order valence-electron chi connectivity index (χ1n) is 8.10. The number of nitrogens with zero attached hydrogens (tertiary/aromatic N) is 3. The van der Waals surface area contributed by atoms with Crippen molar-refractivity contribution < 1.29 is 4.79 Å². The van der Waals surface area contributed by atoms with Crippen molar-refractivity contribution in [2.24, 2.45) is 0 Å². The summed E-state index contributed by atoms with van der Waals surface area (Å²) in [6.07, 6.45) is 3.89. The molecule has 2 heterocycles. The first kappa shape index (κ1) is 16.6. The van der Waals surface area contributed by atoms with Crippen molar-refractivity contribution >= 4 is 17.7 Å². The minimum atomic E-state index is 0.120. The fraction of sp³-hybridized carbons (Fsp3) is 0.389. The molecule has 124 valence electrons. The van der Waals surface area contributed by atoms with Crippen LogP contribution in [0.5, 0.6) is 0 Å². The van der Waals surface area contributed by atoms with Gasteiger partial charge in [-0.05, 0) is 18.4 Å². The monoisotopic (exact) mass is 340 g/mol. The fourth-order valence-corrected chi connectivity index (χ4v) is 3.56. The Kier molecular flexibility index (Phi) is 5.55. The summed E-state index contributed by atoms with van der Waals surface area (Å²) in [5, 5.41) is 8.57. The second kappa shape index (κ2) is 8.02. The van der Waals surface area contributed by atoms with Crippen LogP contribution < -0.4 is 0 Å². The molecule has 1 aliphatic heterocycles. The quantitative estimate of drug-likeness (QED) is 0.849. The van der Waals surface area contributed by atoms with Gasteiger partial charge < -0.3 is 9.88 Å². The van der Waals surface area contributed by atoms with Gasteiger partial charge in [-0.25, -0.2) is 4.98 Å². The fourth-order valence-electron chi connectivity index (χ4n) is 3.01. The Balaban J connectivity index is 1.64. The van der Waals surface area contributed by atoms with E-state index in [4.69, 9.17) is 5.26 Å². The van der Waals surface area contributed by atoms with E-state index in [0.29, 0.717) is 18.1 Å². The van der Waals surface area contributed by atoms with Gasteiger partial charge in [0.05, 0.1) is 29.5 Å². The van der Waals surface area contributed by atoms with E-state index in [1.165, 1.54) is 11.8 Å². The zero-order chi connectivity index (χ0) is 16.8. The van der Waals surface area contributed by atoms with E-state index in [-0.39, 0.29) is 11.8 Å². The number of imidazole rings is 1. The molecule has 1 N–H and O–H groups in total. The Morgan fingerprint density at radius 2 is 2.25 bits per heavy atom. The lowest BCUT2D eigenvalue weighted by Gasteiger charge is -2.31. The van der Waals surface area contributed by atoms with Crippen LogP contribution in [0, 0.1) is 11.3 Å². The summed E-state index contributed by atoms with van der Waals surface area (Å²) in [7, 11) is 0. The molecule has 2 aromatic rings. The average molecular weight is 340 g/mol. The highest BCUT2D eigenvalue weighted by atomic mass is 32.2. The van der Waals surface area contributed by atoms with Gasteiger partial charge in [0.25, 0.3) is 0 Å². The summed E-state index contributed by atoms with van der Waals surface area (Å²) >= 11 is 1.38. The van der Waals surface area contributed by atoms with Crippen molar-refractivity contribution in [1.82, 2.24) is 14.9 Å². The maximum Gasteiger partial charge on any atom is 0.232 e. The molecule has 0 saturated carbocycles. The number of aromatic nitrogens is 2. The van der Waals surface area contributed by atoms with Gasteiger partial charge in [-0.15, -0.1) is 11.8 Å². The molecule has 6 heteroatoms. The van der Waals surface area contributed by atoms with Crippen molar-refractivity contribution in [2.45, 2.75) is 18.8 Å². The predicted molar refractivity (Wildman–Crippen MR) is 95.5 cm³/mol. The first-order chi connectivity index (χ1) is 11.8. The lowest BCUT2D eigenvalue weighted by Crippen LogP contribution is -2.40. The predicted octanol–water partition coefficient (Wildman–Crippen LogP) is 3.04. The molecule has 24 heavy (non-hydrogen) atoms. The number of nitrogens with one attached hydrogen (secondary N) is 1. The smallest absolute Gasteiger partial charge is 0.232 e. The summed E-state index contributed by atoms with van der Waals surface area (Å²) in [6, 6.07) is 12.2. The second-order valence-electron chi connectivity index (χ2n) is 5.88. The number of carbonyl (C=O) groups is 1. The molecular weight excluding hydrogens is 320 g/mol. The molecule has 1 aromatic carbocycles. The zero-order valence-corrected chi connectivity index (χ0v) is 14.3. The number of aromatic amines is 1. The normalized spacial score (nSPS) is 17.5. The minimum Gasteiger partial charge on any atom is -0.342 e. The maximum absolute atomic E-state index is 12.2. The van der Waals surface area contributed by atoms with E-state index in [1.807, 2.05) is 29.3 Å². The minimum absolute atomic E-state index is 0.120. The SMILES string of the molecule is N#CCSCC(=O)N1CCC[C@@H](c2ncc(-c3ccccc3)[nH]2)C1. The van der Waals surface area contributed by atoms with Crippen LogP contribution in [-0.4, -0.2) is 45.4 Å². The van der Waals surface area contributed by atoms with Crippen LogP contribution in [0.2, 0.25) is 0 Å². The van der Waals surface area contributed by atoms with Gasteiger partial charge in [-0.3, -0.25) is 4.79 Å². The number of amides is 1. The highest BCUT2D eigenvalue weighted by molar-refractivity contribution is 8.00. The number of hydrogen-bond acceptors (Lipinski definition) is 4. The highest BCUT2D eigenvalue weighted by Crippen LogP contribution is 2.27. The number of piperidine rings is 1. The molecule has 0 spiro atoms. The molecule has 1 aromatic heterocycles. The van der Waals surface area contributed by atoms with Crippen LogP contribution in [0.1, 0.15) is 24.6 Å². The van der Waals surface area contributed by atoms with Crippen molar-refractivity contribution in [3.8, 4) is 17.3 Å². The highest BCUT2D eigenvalue weighted by Gasteiger charge is 2.26. The van der Waals surface area contributed by atoms with Crippen molar-refractivity contribution in [3.63, 3.8) is 0 Å². The third kappa shape index (κ3) is 3.98. The summed E-state index contributed by atoms with van der Waals surface area (Å²) in [5.74, 6) is 2.07. The number of likely N-dealkylation sites (tertiary alicyclic amines) is 1. The van der Waals surface area contributed by atoms with Gasteiger partial charge in [0.2, 0.25) is 5.91 Å². The van der Waals surface area contributed by atoms with Gasteiger partial charge in [-0.2, -0.15) is 5.26 Å². The van der Waals surface area contributed by atoms with Crippen molar-refractivity contribution in [1.29, 1.82) is 5.26 Å². The molecular formula is C18H20N4OS. The molecule has 3 rings (SSSR count). The van der Waals surface area contributed by atoms with Gasteiger partial charge in [0.15, 0.2) is 0 Å². The summed E-state index contributed by atoms with van der Waals surface area (Å²) in [4.78, 5) is 22.1. The van der Waals surface area contributed by atoms with E-state index in [0.717, 1.165) is 36.5 Å². The number of nitriles is 1. The number of hydrogen-bond donors (Lipinski definition) is 1. The maximum atomic E-state index is 12.2. The number of H-pyrrole nitrogens is 1. The van der Waals surface area contributed by atoms with Gasteiger partial charge in [0, 0.05) is 19.0 Å². The van der Waals surface area contributed by atoms with Gasteiger partial charge in [-0.1, -0.05) is 30.3 Å². The van der Waals surface area contributed by atoms with Crippen LogP contribution in [0.4, 0.5) is 0 Å². The Morgan fingerprint density at radius 1 is 1.42 bits per heavy atom. The summed E-state index contributed by atoms with van der Waals surface area (Å²) in [6.45, 7) is 1.50. The number of benzene rings is 1. The topological polar surface area (TPSA) is 72.8 Å². The number of thioether (sulfide) groups is 1. The first-order valence-corrected chi connectivity index (χ1v) is 9.26. The molecule has 1 aliphatic rings.